The number of carbonyl (C=O) groups excluding carboxylic acids is 1. The number of benzene rings is 2. The average Bonchev–Trinajstić information content (AvgIpc) is 2.81. The SMILES string of the molecule is O=C1/C(=C\c2cccc(Br)c2)SC(=S)N1c1cccc([N+](=O)[O-])c1. The van der Waals surface area contributed by atoms with Crippen LogP contribution in [-0.4, -0.2) is 15.2 Å². The highest BCUT2D eigenvalue weighted by atomic mass is 79.9. The van der Waals surface area contributed by atoms with Crippen molar-refractivity contribution in [2.45, 2.75) is 0 Å². The number of nitro benzene ring substituents is 1. The van der Waals surface area contributed by atoms with Crippen molar-refractivity contribution in [1.29, 1.82) is 0 Å². The van der Waals surface area contributed by atoms with Gasteiger partial charge in [0.25, 0.3) is 11.6 Å². The number of thioether (sulfide) groups is 1. The number of hydrogen-bond donors (Lipinski definition) is 0. The van der Waals surface area contributed by atoms with Crippen LogP contribution >= 0.6 is 39.9 Å². The molecule has 24 heavy (non-hydrogen) atoms. The second kappa shape index (κ2) is 6.84. The summed E-state index contributed by atoms with van der Waals surface area (Å²) in [6.07, 6.45) is 1.75. The van der Waals surface area contributed by atoms with Gasteiger partial charge in [-0.05, 0) is 29.8 Å². The van der Waals surface area contributed by atoms with Gasteiger partial charge in [-0.15, -0.1) is 0 Å². The molecule has 0 bridgehead atoms. The van der Waals surface area contributed by atoms with Crippen LogP contribution in [0.2, 0.25) is 0 Å². The third kappa shape index (κ3) is 3.40. The quantitative estimate of drug-likeness (QED) is 0.309. The molecule has 0 radical (unpaired) electrons. The van der Waals surface area contributed by atoms with E-state index in [4.69, 9.17) is 12.2 Å². The predicted molar refractivity (Wildman–Crippen MR) is 103 cm³/mol. The summed E-state index contributed by atoms with van der Waals surface area (Å²) in [6.45, 7) is 0. The van der Waals surface area contributed by atoms with Crippen LogP contribution in [0.25, 0.3) is 6.08 Å². The normalized spacial score (nSPS) is 16.0. The molecule has 0 spiro atoms. The third-order valence-corrected chi connectivity index (χ3v) is 5.03. The van der Waals surface area contributed by atoms with Gasteiger partial charge in [-0.25, -0.2) is 0 Å². The number of amides is 1. The monoisotopic (exact) mass is 420 g/mol. The Kier molecular flexibility index (Phi) is 4.79. The van der Waals surface area contributed by atoms with Gasteiger partial charge in [0, 0.05) is 16.6 Å². The number of non-ortho nitro benzene ring substituents is 1. The lowest BCUT2D eigenvalue weighted by atomic mass is 10.2. The van der Waals surface area contributed by atoms with Gasteiger partial charge in [-0.2, -0.15) is 0 Å². The van der Waals surface area contributed by atoms with Gasteiger partial charge in [-0.3, -0.25) is 19.8 Å². The van der Waals surface area contributed by atoms with Crippen molar-refractivity contribution in [3.05, 3.63) is 73.6 Å². The summed E-state index contributed by atoms with van der Waals surface area (Å²) in [6, 6.07) is 13.4. The Bertz CT molecular complexity index is 898. The second-order valence-corrected chi connectivity index (χ2v) is 7.44. The molecule has 1 amide bonds. The maximum absolute atomic E-state index is 12.7. The number of hydrogen-bond acceptors (Lipinski definition) is 5. The molecule has 0 aliphatic carbocycles. The van der Waals surface area contributed by atoms with Crippen LogP contribution in [-0.2, 0) is 4.79 Å². The molecule has 1 aliphatic rings. The van der Waals surface area contributed by atoms with Gasteiger partial charge in [0.1, 0.15) is 0 Å². The molecule has 0 unspecified atom stereocenters. The standard InChI is InChI=1S/C16H9BrN2O3S2/c17-11-4-1-3-10(7-11)8-14-15(20)18(16(23)24-14)12-5-2-6-13(9-12)19(21)22/h1-9H/b14-8+. The molecule has 0 N–H and O–H groups in total. The van der Waals surface area contributed by atoms with E-state index in [0.717, 1.165) is 10.0 Å². The van der Waals surface area contributed by atoms with Crippen LogP contribution in [0.3, 0.4) is 0 Å². The van der Waals surface area contributed by atoms with Crippen molar-refractivity contribution >= 4 is 67.6 Å². The first kappa shape index (κ1) is 16.8. The second-order valence-electron chi connectivity index (χ2n) is 4.85. The van der Waals surface area contributed by atoms with Crippen LogP contribution in [0.4, 0.5) is 11.4 Å². The molecule has 1 heterocycles. The predicted octanol–water partition coefficient (Wildman–Crippen LogP) is 4.76. The zero-order valence-corrected chi connectivity index (χ0v) is 15.2. The van der Waals surface area contributed by atoms with Crippen LogP contribution in [0.1, 0.15) is 5.56 Å². The van der Waals surface area contributed by atoms with Crippen LogP contribution in [0.15, 0.2) is 57.9 Å². The van der Waals surface area contributed by atoms with Crippen molar-refractivity contribution in [3.8, 4) is 0 Å². The van der Waals surface area contributed by atoms with Gasteiger partial charge in [0.05, 0.1) is 15.5 Å². The highest BCUT2D eigenvalue weighted by molar-refractivity contribution is 9.10. The van der Waals surface area contributed by atoms with Crippen molar-refractivity contribution < 1.29 is 9.72 Å². The zero-order chi connectivity index (χ0) is 17.3. The van der Waals surface area contributed by atoms with Gasteiger partial charge in [0.15, 0.2) is 4.32 Å². The Morgan fingerprint density at radius 3 is 2.67 bits per heavy atom. The number of rotatable bonds is 3. The molecule has 1 fully saturated rings. The van der Waals surface area contributed by atoms with Crippen LogP contribution in [0.5, 0.6) is 0 Å². The van der Waals surface area contributed by atoms with E-state index in [2.05, 4.69) is 15.9 Å². The largest absolute Gasteiger partial charge is 0.271 e. The van der Waals surface area contributed by atoms with E-state index in [9.17, 15) is 14.9 Å². The highest BCUT2D eigenvalue weighted by Gasteiger charge is 2.33. The summed E-state index contributed by atoms with van der Waals surface area (Å²) in [5.41, 5.74) is 1.17. The lowest BCUT2D eigenvalue weighted by Crippen LogP contribution is -2.27. The Morgan fingerprint density at radius 2 is 1.96 bits per heavy atom. The number of halogens is 1. The topological polar surface area (TPSA) is 63.5 Å². The van der Waals surface area contributed by atoms with E-state index < -0.39 is 4.92 Å². The van der Waals surface area contributed by atoms with Gasteiger partial charge >= 0.3 is 0 Å². The number of nitrogens with zero attached hydrogens (tertiary/aromatic N) is 2. The fraction of sp³-hybridized carbons (Fsp3) is 0. The Morgan fingerprint density at radius 1 is 1.21 bits per heavy atom. The molecule has 1 aliphatic heterocycles. The summed E-state index contributed by atoms with van der Waals surface area (Å²) in [5.74, 6) is -0.287. The Hall–Kier alpha value is -2.03. The summed E-state index contributed by atoms with van der Waals surface area (Å²) >= 11 is 9.84. The summed E-state index contributed by atoms with van der Waals surface area (Å²) in [7, 11) is 0. The van der Waals surface area contributed by atoms with Crippen molar-refractivity contribution in [3.63, 3.8) is 0 Å². The molecule has 2 aromatic rings. The molecular weight excluding hydrogens is 412 g/mol. The molecule has 3 rings (SSSR count). The van der Waals surface area contributed by atoms with E-state index in [1.807, 2.05) is 24.3 Å². The van der Waals surface area contributed by atoms with E-state index in [1.54, 1.807) is 12.1 Å². The molecule has 0 saturated carbocycles. The zero-order valence-electron chi connectivity index (χ0n) is 12.0. The molecule has 2 aromatic carbocycles. The Balaban J connectivity index is 1.95. The minimum Gasteiger partial charge on any atom is -0.268 e. The summed E-state index contributed by atoms with van der Waals surface area (Å²) in [5, 5.41) is 10.9. The summed E-state index contributed by atoms with van der Waals surface area (Å²) < 4.78 is 1.26. The smallest absolute Gasteiger partial charge is 0.268 e. The van der Waals surface area contributed by atoms with Gasteiger partial charge < -0.3 is 0 Å². The summed E-state index contributed by atoms with van der Waals surface area (Å²) in [4.78, 5) is 24.9. The number of thiocarbonyl (C=S) groups is 1. The highest BCUT2D eigenvalue weighted by Crippen LogP contribution is 2.37. The molecule has 120 valence electrons. The third-order valence-electron chi connectivity index (χ3n) is 3.24. The fourth-order valence-electron chi connectivity index (χ4n) is 2.18. The first-order valence-electron chi connectivity index (χ1n) is 6.74. The lowest BCUT2D eigenvalue weighted by Gasteiger charge is -2.13. The minimum absolute atomic E-state index is 0.0856. The molecule has 0 aromatic heterocycles. The number of carbonyl (C=O) groups is 1. The molecule has 5 nitrogen and oxygen atoms in total. The van der Waals surface area contributed by atoms with Crippen molar-refractivity contribution in [2.75, 3.05) is 4.90 Å². The van der Waals surface area contributed by atoms with E-state index in [1.165, 1.54) is 34.9 Å². The molecule has 1 saturated heterocycles. The number of anilines is 1. The molecule has 8 heteroatoms. The fourth-order valence-corrected chi connectivity index (χ4v) is 3.90. The van der Waals surface area contributed by atoms with Crippen LogP contribution in [0, 0.1) is 10.1 Å². The van der Waals surface area contributed by atoms with E-state index in [0.29, 0.717) is 14.9 Å². The van der Waals surface area contributed by atoms with Crippen LogP contribution < -0.4 is 4.90 Å². The first-order valence-corrected chi connectivity index (χ1v) is 8.75. The molecule has 0 atom stereocenters. The van der Waals surface area contributed by atoms with Crippen molar-refractivity contribution in [1.82, 2.24) is 0 Å². The van der Waals surface area contributed by atoms with E-state index >= 15 is 0 Å². The first-order chi connectivity index (χ1) is 11.5. The number of nitro groups is 1. The Labute approximate surface area is 155 Å². The lowest BCUT2D eigenvalue weighted by molar-refractivity contribution is -0.384. The molecular formula is C16H9BrN2O3S2. The van der Waals surface area contributed by atoms with Gasteiger partial charge in [0.2, 0.25) is 0 Å². The minimum atomic E-state index is -0.502. The van der Waals surface area contributed by atoms with Gasteiger partial charge in [-0.1, -0.05) is 58.1 Å². The average molecular weight is 421 g/mol. The maximum atomic E-state index is 12.7. The van der Waals surface area contributed by atoms with E-state index in [-0.39, 0.29) is 11.6 Å². The van der Waals surface area contributed by atoms with Crippen molar-refractivity contribution in [2.24, 2.45) is 0 Å². The maximum Gasteiger partial charge on any atom is 0.271 e.